The SMILES string of the molecule is O=C(O)C1C2CCCC2CN1C(=O)CCCCC(S)CCS. The van der Waals surface area contributed by atoms with E-state index in [2.05, 4.69) is 25.3 Å². The van der Waals surface area contributed by atoms with E-state index in [4.69, 9.17) is 0 Å². The molecule has 1 amide bonds. The third-order valence-corrected chi connectivity index (χ3v) is 5.88. The highest BCUT2D eigenvalue weighted by Gasteiger charge is 2.49. The summed E-state index contributed by atoms with van der Waals surface area (Å²) in [4.78, 5) is 25.6. The summed E-state index contributed by atoms with van der Waals surface area (Å²) in [5, 5.41) is 9.82. The first-order valence-electron chi connectivity index (χ1n) is 8.35. The summed E-state index contributed by atoms with van der Waals surface area (Å²) >= 11 is 8.68. The molecule has 22 heavy (non-hydrogen) atoms. The largest absolute Gasteiger partial charge is 0.480 e. The van der Waals surface area contributed by atoms with Crippen molar-refractivity contribution in [3.05, 3.63) is 0 Å². The molecule has 1 aliphatic heterocycles. The molecule has 1 saturated carbocycles. The Balaban J connectivity index is 1.78. The number of thiol groups is 2. The van der Waals surface area contributed by atoms with Crippen LogP contribution in [0.5, 0.6) is 0 Å². The Bertz CT molecular complexity index is 405. The highest BCUT2D eigenvalue weighted by atomic mass is 32.1. The molecule has 0 bridgehead atoms. The summed E-state index contributed by atoms with van der Waals surface area (Å²) in [6, 6.07) is -0.582. The minimum Gasteiger partial charge on any atom is -0.480 e. The fourth-order valence-corrected chi connectivity index (χ4v) is 4.80. The highest BCUT2D eigenvalue weighted by molar-refractivity contribution is 7.81. The second kappa shape index (κ2) is 8.48. The van der Waals surface area contributed by atoms with Gasteiger partial charge in [-0.05, 0) is 49.7 Å². The molecule has 0 aromatic carbocycles. The zero-order chi connectivity index (χ0) is 16.1. The van der Waals surface area contributed by atoms with Crippen molar-refractivity contribution in [3.8, 4) is 0 Å². The van der Waals surface area contributed by atoms with Crippen LogP contribution in [-0.2, 0) is 9.59 Å². The lowest BCUT2D eigenvalue weighted by Gasteiger charge is -2.24. The van der Waals surface area contributed by atoms with Gasteiger partial charge in [0.1, 0.15) is 6.04 Å². The molecule has 1 heterocycles. The fraction of sp³-hybridized carbons (Fsp3) is 0.875. The van der Waals surface area contributed by atoms with E-state index in [1.807, 2.05) is 0 Å². The van der Waals surface area contributed by atoms with Gasteiger partial charge in [0.15, 0.2) is 0 Å². The molecule has 1 saturated heterocycles. The number of amides is 1. The Morgan fingerprint density at radius 2 is 2.00 bits per heavy atom. The van der Waals surface area contributed by atoms with Gasteiger partial charge in [0.05, 0.1) is 0 Å². The molecule has 0 spiro atoms. The van der Waals surface area contributed by atoms with Crippen molar-refractivity contribution in [2.24, 2.45) is 11.8 Å². The third kappa shape index (κ3) is 4.34. The fourth-order valence-electron chi connectivity index (χ4n) is 3.97. The molecular weight excluding hydrogens is 318 g/mol. The maximum Gasteiger partial charge on any atom is 0.326 e. The van der Waals surface area contributed by atoms with Gasteiger partial charge in [0.25, 0.3) is 0 Å². The van der Waals surface area contributed by atoms with Gasteiger partial charge in [-0.1, -0.05) is 12.8 Å². The molecule has 2 rings (SSSR count). The van der Waals surface area contributed by atoms with Crippen LogP contribution in [0.1, 0.15) is 51.4 Å². The van der Waals surface area contributed by atoms with Crippen molar-refractivity contribution in [1.29, 1.82) is 0 Å². The van der Waals surface area contributed by atoms with Crippen molar-refractivity contribution < 1.29 is 14.7 Å². The maximum atomic E-state index is 12.4. The molecule has 0 radical (unpaired) electrons. The minimum absolute atomic E-state index is 0.0201. The van der Waals surface area contributed by atoms with Crippen LogP contribution in [0.15, 0.2) is 0 Å². The lowest BCUT2D eigenvalue weighted by molar-refractivity contribution is -0.149. The van der Waals surface area contributed by atoms with Crippen LogP contribution < -0.4 is 0 Å². The van der Waals surface area contributed by atoms with E-state index in [0.717, 1.165) is 50.7 Å². The van der Waals surface area contributed by atoms with Crippen LogP contribution in [0.25, 0.3) is 0 Å². The van der Waals surface area contributed by atoms with Gasteiger partial charge in [-0.3, -0.25) is 4.79 Å². The first-order chi connectivity index (χ1) is 10.5. The van der Waals surface area contributed by atoms with E-state index in [1.54, 1.807) is 4.90 Å². The van der Waals surface area contributed by atoms with Gasteiger partial charge >= 0.3 is 5.97 Å². The second-order valence-corrected chi connectivity index (χ2v) is 7.77. The lowest BCUT2D eigenvalue weighted by Crippen LogP contribution is -2.43. The molecule has 6 heteroatoms. The van der Waals surface area contributed by atoms with Gasteiger partial charge in [0.2, 0.25) is 5.91 Å². The normalized spacial score (nSPS) is 28.6. The number of hydrogen-bond donors (Lipinski definition) is 3. The molecule has 2 aliphatic rings. The highest BCUT2D eigenvalue weighted by Crippen LogP contribution is 2.42. The van der Waals surface area contributed by atoms with Gasteiger partial charge in [0, 0.05) is 18.2 Å². The number of carbonyl (C=O) groups excluding carboxylic acids is 1. The second-order valence-electron chi connectivity index (χ2n) is 6.60. The predicted molar refractivity (Wildman–Crippen MR) is 93.7 cm³/mol. The molecule has 1 aliphatic carbocycles. The molecule has 126 valence electrons. The van der Waals surface area contributed by atoms with Crippen molar-refractivity contribution in [2.45, 2.75) is 62.7 Å². The Morgan fingerprint density at radius 1 is 1.23 bits per heavy atom. The number of likely N-dealkylation sites (tertiary alicyclic amines) is 1. The van der Waals surface area contributed by atoms with Gasteiger partial charge in [-0.25, -0.2) is 4.79 Å². The minimum atomic E-state index is -0.827. The summed E-state index contributed by atoms with van der Waals surface area (Å²) in [6.45, 7) is 0.648. The number of carbonyl (C=O) groups is 2. The number of carboxylic acid groups (broad SMARTS) is 1. The first-order valence-corrected chi connectivity index (χ1v) is 9.50. The maximum absolute atomic E-state index is 12.4. The number of nitrogens with zero attached hydrogens (tertiary/aromatic N) is 1. The smallest absolute Gasteiger partial charge is 0.326 e. The molecule has 1 N–H and O–H groups in total. The average molecular weight is 346 g/mol. The monoisotopic (exact) mass is 345 g/mol. The summed E-state index contributed by atoms with van der Waals surface area (Å²) in [5.41, 5.74) is 0. The van der Waals surface area contributed by atoms with E-state index in [9.17, 15) is 14.7 Å². The number of rotatable bonds is 8. The predicted octanol–water partition coefficient (Wildman–Crippen LogP) is 2.88. The zero-order valence-electron chi connectivity index (χ0n) is 13.0. The van der Waals surface area contributed by atoms with E-state index in [-0.39, 0.29) is 11.8 Å². The Labute approximate surface area is 143 Å². The van der Waals surface area contributed by atoms with Gasteiger partial charge in [-0.2, -0.15) is 25.3 Å². The van der Waals surface area contributed by atoms with Crippen molar-refractivity contribution in [2.75, 3.05) is 12.3 Å². The summed E-state index contributed by atoms with van der Waals surface area (Å²) in [7, 11) is 0. The van der Waals surface area contributed by atoms with E-state index in [0.29, 0.717) is 24.1 Å². The van der Waals surface area contributed by atoms with Crippen molar-refractivity contribution in [1.82, 2.24) is 4.90 Å². The first kappa shape index (κ1) is 18.0. The van der Waals surface area contributed by atoms with Crippen LogP contribution in [0.4, 0.5) is 0 Å². The summed E-state index contributed by atoms with van der Waals surface area (Å²) in [6.07, 6.45) is 7.36. The molecular formula is C16H27NO3S2. The van der Waals surface area contributed by atoms with Crippen LogP contribution >= 0.6 is 25.3 Å². The quantitative estimate of drug-likeness (QED) is 0.468. The van der Waals surface area contributed by atoms with E-state index in [1.165, 1.54) is 0 Å². The molecule has 4 nitrogen and oxygen atoms in total. The standard InChI is InChI=1S/C16H27NO3S2/c18-14(7-2-1-5-12(22)8-9-21)17-10-11-4-3-6-13(11)15(17)16(19)20/h11-13,15,21-22H,1-10H2,(H,19,20). The summed E-state index contributed by atoms with van der Waals surface area (Å²) in [5.74, 6) is 0.615. The Kier molecular flexibility index (Phi) is 6.93. The van der Waals surface area contributed by atoms with Crippen molar-refractivity contribution >= 4 is 37.1 Å². The molecule has 0 aromatic heterocycles. The van der Waals surface area contributed by atoms with E-state index >= 15 is 0 Å². The van der Waals surface area contributed by atoms with Crippen molar-refractivity contribution in [3.63, 3.8) is 0 Å². The van der Waals surface area contributed by atoms with Gasteiger partial charge < -0.3 is 10.0 Å². The third-order valence-electron chi connectivity index (χ3n) is 5.10. The lowest BCUT2D eigenvalue weighted by atomic mass is 9.94. The van der Waals surface area contributed by atoms with E-state index < -0.39 is 12.0 Å². The number of fused-ring (bicyclic) bond motifs is 1. The van der Waals surface area contributed by atoms with Gasteiger partial charge in [-0.15, -0.1) is 0 Å². The molecule has 2 fully saturated rings. The van der Waals surface area contributed by atoms with Crippen LogP contribution in [0.3, 0.4) is 0 Å². The van der Waals surface area contributed by atoms with Crippen LogP contribution in [0, 0.1) is 11.8 Å². The number of carboxylic acids is 1. The number of aliphatic carboxylic acids is 1. The Hall–Kier alpha value is -0.360. The molecule has 4 atom stereocenters. The topological polar surface area (TPSA) is 57.6 Å². The van der Waals surface area contributed by atoms with Crippen LogP contribution in [0.2, 0.25) is 0 Å². The number of hydrogen-bond acceptors (Lipinski definition) is 4. The van der Waals surface area contributed by atoms with Crippen LogP contribution in [-0.4, -0.2) is 45.5 Å². The average Bonchev–Trinajstić information content (AvgIpc) is 3.03. The molecule has 0 aromatic rings. The summed E-state index contributed by atoms with van der Waals surface area (Å²) < 4.78 is 0. The Morgan fingerprint density at radius 3 is 2.68 bits per heavy atom. The molecule has 4 unspecified atom stereocenters. The zero-order valence-corrected chi connectivity index (χ0v) is 14.8. The number of unbranched alkanes of at least 4 members (excludes halogenated alkanes) is 1.